The van der Waals surface area contributed by atoms with Gasteiger partial charge in [-0.3, -0.25) is 0 Å². The van der Waals surface area contributed by atoms with Gasteiger partial charge in [-0.25, -0.2) is 9.59 Å². The van der Waals surface area contributed by atoms with Crippen LogP contribution in [0.3, 0.4) is 0 Å². The van der Waals surface area contributed by atoms with Gasteiger partial charge in [0.2, 0.25) is 0 Å². The van der Waals surface area contributed by atoms with Gasteiger partial charge in [-0.05, 0) is 24.3 Å². The normalized spacial score (nSPS) is 14.7. The second-order valence-corrected chi connectivity index (χ2v) is 3.06. The minimum absolute atomic E-state index is 0.306. The molecular weight excluding hydrogens is 212 g/mol. The summed E-state index contributed by atoms with van der Waals surface area (Å²) in [5.74, 6) is -1.58. The smallest absolute Gasteiger partial charge is 0.345 e. The highest BCUT2D eigenvalue weighted by Gasteiger charge is 2.19. The molecule has 0 aromatic heterocycles. The number of carbonyl (C=O) groups is 2. The lowest BCUT2D eigenvalue weighted by Crippen LogP contribution is -2.09. The lowest BCUT2D eigenvalue weighted by Gasteiger charge is -2.05. The molecular formula is C11H8O5. The van der Waals surface area contributed by atoms with E-state index >= 15 is 0 Å². The molecule has 0 fully saturated rings. The molecule has 82 valence electrons. The van der Waals surface area contributed by atoms with Crippen LogP contribution in [0, 0.1) is 0 Å². The van der Waals surface area contributed by atoms with Crippen LogP contribution in [-0.2, 0) is 9.47 Å². The first-order chi connectivity index (χ1) is 7.70. The van der Waals surface area contributed by atoms with Gasteiger partial charge in [-0.15, -0.1) is 0 Å². The first kappa shape index (κ1) is 10.4. The largest absolute Gasteiger partial charge is 0.392 e. The first-order valence-electron chi connectivity index (χ1n) is 4.56. The zero-order chi connectivity index (χ0) is 11.5. The van der Waals surface area contributed by atoms with Gasteiger partial charge in [0.15, 0.2) is 0 Å². The van der Waals surface area contributed by atoms with Crippen LogP contribution < -0.4 is 0 Å². The minimum Gasteiger partial charge on any atom is -0.392 e. The van der Waals surface area contributed by atoms with Crippen molar-refractivity contribution in [2.45, 2.75) is 0 Å². The minimum atomic E-state index is -0.638. The van der Waals surface area contributed by atoms with Gasteiger partial charge in [-0.2, -0.15) is 0 Å². The summed E-state index contributed by atoms with van der Waals surface area (Å²) < 4.78 is 9.56. The van der Waals surface area contributed by atoms with Crippen molar-refractivity contribution in [3.63, 3.8) is 0 Å². The summed E-state index contributed by atoms with van der Waals surface area (Å²) in [4.78, 5) is 23.0. The van der Waals surface area contributed by atoms with E-state index in [1.807, 2.05) is 0 Å². The fourth-order valence-electron chi connectivity index (χ4n) is 1.22. The molecule has 0 atom stereocenters. The average molecular weight is 220 g/mol. The SMILES string of the molecule is O=C1OC(=CCO)OC(=O)c2ccc1cc2. The second kappa shape index (κ2) is 4.16. The highest BCUT2D eigenvalue weighted by Crippen LogP contribution is 2.15. The molecule has 16 heavy (non-hydrogen) atoms. The number of carbonyl (C=O) groups excluding carboxylic acids is 2. The fraction of sp³-hybridized carbons (Fsp3) is 0.0909. The van der Waals surface area contributed by atoms with Crippen LogP contribution in [0.15, 0.2) is 36.3 Å². The number of aliphatic hydroxyl groups excluding tert-OH is 1. The molecule has 2 heterocycles. The van der Waals surface area contributed by atoms with Crippen molar-refractivity contribution >= 4 is 11.9 Å². The molecule has 2 aliphatic heterocycles. The zero-order valence-corrected chi connectivity index (χ0v) is 8.17. The Morgan fingerprint density at radius 3 is 1.81 bits per heavy atom. The van der Waals surface area contributed by atoms with E-state index in [0.29, 0.717) is 11.1 Å². The topological polar surface area (TPSA) is 72.8 Å². The van der Waals surface area contributed by atoms with Crippen molar-refractivity contribution in [1.82, 2.24) is 0 Å². The summed E-state index contributed by atoms with van der Waals surface area (Å²) in [5.41, 5.74) is 0.622. The van der Waals surface area contributed by atoms with Crippen molar-refractivity contribution in [2.75, 3.05) is 6.61 Å². The summed E-state index contributed by atoms with van der Waals surface area (Å²) in [6.45, 7) is -0.387. The highest BCUT2D eigenvalue weighted by atomic mass is 16.7. The van der Waals surface area contributed by atoms with Crippen molar-refractivity contribution < 1.29 is 24.2 Å². The number of benzene rings is 1. The summed E-state index contributed by atoms with van der Waals surface area (Å²) >= 11 is 0. The van der Waals surface area contributed by atoms with Crippen LogP contribution in [0.2, 0.25) is 0 Å². The van der Waals surface area contributed by atoms with Crippen molar-refractivity contribution in [2.24, 2.45) is 0 Å². The van der Waals surface area contributed by atoms with Gasteiger partial charge in [0.1, 0.15) is 0 Å². The Morgan fingerprint density at radius 1 is 1.00 bits per heavy atom. The number of aliphatic hydroxyl groups is 1. The predicted molar refractivity (Wildman–Crippen MR) is 52.4 cm³/mol. The quantitative estimate of drug-likeness (QED) is 0.710. The maximum absolute atomic E-state index is 11.5. The average Bonchev–Trinajstić information content (AvgIpc) is 2.36. The first-order valence-corrected chi connectivity index (χ1v) is 4.56. The molecule has 0 radical (unpaired) electrons. The Hall–Kier alpha value is -2.14. The molecule has 0 amide bonds. The van der Waals surface area contributed by atoms with Crippen molar-refractivity contribution in [3.8, 4) is 0 Å². The number of esters is 2. The predicted octanol–water partition coefficient (Wildman–Crippen LogP) is 0.847. The molecule has 5 nitrogen and oxygen atoms in total. The van der Waals surface area contributed by atoms with Crippen molar-refractivity contribution in [3.05, 3.63) is 47.4 Å². The van der Waals surface area contributed by atoms with E-state index in [4.69, 9.17) is 14.6 Å². The molecule has 0 spiro atoms. The molecule has 5 heteroatoms. The summed E-state index contributed by atoms with van der Waals surface area (Å²) in [6.07, 6.45) is 1.10. The number of ether oxygens (including phenoxy) is 2. The van der Waals surface area contributed by atoms with E-state index in [-0.39, 0.29) is 12.6 Å². The third-order valence-electron chi connectivity index (χ3n) is 2.00. The van der Waals surface area contributed by atoms with Gasteiger partial charge in [-0.1, -0.05) is 0 Å². The van der Waals surface area contributed by atoms with Crippen molar-refractivity contribution in [1.29, 1.82) is 0 Å². The van der Waals surface area contributed by atoms with Gasteiger partial charge < -0.3 is 14.6 Å². The van der Waals surface area contributed by atoms with E-state index in [2.05, 4.69) is 0 Å². The number of fused-ring (bicyclic) bond motifs is 6. The molecule has 2 aliphatic rings. The molecule has 1 aromatic carbocycles. The second-order valence-electron chi connectivity index (χ2n) is 3.06. The molecule has 1 aromatic rings. The van der Waals surface area contributed by atoms with Gasteiger partial charge >= 0.3 is 11.9 Å². The highest BCUT2D eigenvalue weighted by molar-refractivity contribution is 5.95. The van der Waals surface area contributed by atoms with Crippen LogP contribution in [0.5, 0.6) is 0 Å². The van der Waals surface area contributed by atoms with Crippen LogP contribution in [0.25, 0.3) is 0 Å². The molecule has 2 bridgehead atoms. The zero-order valence-electron chi connectivity index (χ0n) is 8.17. The van der Waals surface area contributed by atoms with Crippen LogP contribution in [0.4, 0.5) is 0 Å². The monoisotopic (exact) mass is 220 g/mol. The third kappa shape index (κ3) is 1.94. The van der Waals surface area contributed by atoms with E-state index in [0.717, 1.165) is 6.08 Å². The van der Waals surface area contributed by atoms with E-state index in [1.165, 1.54) is 24.3 Å². The molecule has 0 saturated carbocycles. The Bertz CT molecular complexity index is 419. The van der Waals surface area contributed by atoms with Gasteiger partial charge in [0.25, 0.3) is 5.95 Å². The van der Waals surface area contributed by atoms with Crippen LogP contribution in [0.1, 0.15) is 20.7 Å². The van der Waals surface area contributed by atoms with Crippen LogP contribution in [-0.4, -0.2) is 23.7 Å². The Labute approximate surface area is 90.9 Å². The Balaban J connectivity index is 2.42. The third-order valence-corrected chi connectivity index (χ3v) is 2.00. The lowest BCUT2D eigenvalue weighted by molar-refractivity contribution is 0.0233. The van der Waals surface area contributed by atoms with E-state index in [9.17, 15) is 9.59 Å². The summed E-state index contributed by atoms with van der Waals surface area (Å²) in [7, 11) is 0. The number of hydrogen-bond donors (Lipinski definition) is 1. The summed E-state index contributed by atoms with van der Waals surface area (Å²) in [6, 6.07) is 5.89. The van der Waals surface area contributed by atoms with Gasteiger partial charge in [0, 0.05) is 6.08 Å². The molecule has 0 unspecified atom stereocenters. The lowest BCUT2D eigenvalue weighted by atomic mass is 10.1. The van der Waals surface area contributed by atoms with Gasteiger partial charge in [0.05, 0.1) is 17.7 Å². The van der Waals surface area contributed by atoms with E-state index < -0.39 is 11.9 Å². The Kier molecular flexibility index (Phi) is 2.70. The molecule has 3 rings (SSSR count). The number of hydrogen-bond acceptors (Lipinski definition) is 5. The maximum atomic E-state index is 11.5. The Morgan fingerprint density at radius 2 is 1.44 bits per heavy atom. The fourth-order valence-corrected chi connectivity index (χ4v) is 1.22. The summed E-state index contributed by atoms with van der Waals surface area (Å²) in [5, 5.41) is 8.67. The molecule has 0 saturated heterocycles. The maximum Gasteiger partial charge on any atom is 0.345 e. The van der Waals surface area contributed by atoms with E-state index in [1.54, 1.807) is 0 Å². The molecule has 1 N–H and O–H groups in total. The molecule has 0 aliphatic carbocycles. The standard InChI is InChI=1S/C11H8O5/c12-6-5-9-15-10(13)7-1-2-8(4-3-7)11(14)16-9/h1-5,12H,6H2. The number of rotatable bonds is 1. The van der Waals surface area contributed by atoms with Crippen LogP contribution >= 0.6 is 0 Å².